The van der Waals surface area contributed by atoms with E-state index in [9.17, 15) is 0 Å². The van der Waals surface area contributed by atoms with Crippen LogP contribution in [-0.4, -0.2) is 9.97 Å². The lowest BCUT2D eigenvalue weighted by molar-refractivity contribution is 0.834. The Kier molecular flexibility index (Phi) is 5.00. The Morgan fingerprint density at radius 2 is 1.84 bits per heavy atom. The molecule has 19 heavy (non-hydrogen) atoms. The van der Waals surface area contributed by atoms with Crippen molar-refractivity contribution < 1.29 is 0 Å². The molecule has 0 aliphatic carbocycles. The summed E-state index contributed by atoms with van der Waals surface area (Å²) >= 11 is 11.8. The van der Waals surface area contributed by atoms with Crippen LogP contribution in [0.4, 0.5) is 5.82 Å². The third-order valence-corrected chi connectivity index (χ3v) is 3.05. The van der Waals surface area contributed by atoms with E-state index in [0.29, 0.717) is 11.7 Å². The number of anilines is 1. The number of hydrogen-bond acceptors (Lipinski definition) is 3. The smallest absolute Gasteiger partial charge is 0.134 e. The minimum absolute atomic E-state index is 0.469. The van der Waals surface area contributed by atoms with Gasteiger partial charge in [-0.25, -0.2) is 9.97 Å². The highest BCUT2D eigenvalue weighted by Gasteiger charge is 2.02. The molecular formula is C14H15Cl2N3. The van der Waals surface area contributed by atoms with Gasteiger partial charge in [-0.15, -0.1) is 0 Å². The molecule has 0 aliphatic rings. The average Bonchev–Trinajstić information content (AvgIpc) is 2.38. The SMILES string of the molecule is CCCc1nc(Cl)cc(NCc2ccc(Cl)cc2)n1. The molecule has 2 rings (SSSR count). The predicted octanol–water partition coefficient (Wildman–Crippen LogP) is 4.35. The largest absolute Gasteiger partial charge is 0.366 e. The summed E-state index contributed by atoms with van der Waals surface area (Å²) in [6, 6.07) is 9.43. The van der Waals surface area contributed by atoms with Crippen LogP contribution in [0.3, 0.4) is 0 Å². The van der Waals surface area contributed by atoms with Gasteiger partial charge < -0.3 is 5.32 Å². The highest BCUT2D eigenvalue weighted by atomic mass is 35.5. The Hall–Kier alpha value is -1.32. The number of aryl methyl sites for hydroxylation is 1. The molecule has 0 spiro atoms. The first-order valence-electron chi connectivity index (χ1n) is 6.19. The van der Waals surface area contributed by atoms with Crippen molar-refractivity contribution in [1.82, 2.24) is 9.97 Å². The first-order chi connectivity index (χ1) is 9.17. The van der Waals surface area contributed by atoms with Gasteiger partial charge in [-0.1, -0.05) is 42.3 Å². The lowest BCUT2D eigenvalue weighted by Crippen LogP contribution is -2.04. The van der Waals surface area contributed by atoms with Crippen molar-refractivity contribution in [2.75, 3.05) is 5.32 Å². The Balaban J connectivity index is 2.04. The van der Waals surface area contributed by atoms with E-state index < -0.39 is 0 Å². The molecule has 5 heteroatoms. The fourth-order valence-corrected chi connectivity index (χ4v) is 2.01. The highest BCUT2D eigenvalue weighted by molar-refractivity contribution is 6.30. The number of aromatic nitrogens is 2. The summed E-state index contributed by atoms with van der Waals surface area (Å²) in [5.41, 5.74) is 1.14. The summed E-state index contributed by atoms with van der Waals surface area (Å²) in [4.78, 5) is 8.61. The topological polar surface area (TPSA) is 37.8 Å². The molecule has 0 unspecified atom stereocenters. The lowest BCUT2D eigenvalue weighted by Gasteiger charge is -2.08. The molecule has 1 N–H and O–H groups in total. The molecule has 3 nitrogen and oxygen atoms in total. The molecule has 1 aromatic carbocycles. The van der Waals surface area contributed by atoms with Gasteiger partial charge >= 0.3 is 0 Å². The van der Waals surface area contributed by atoms with Crippen LogP contribution < -0.4 is 5.32 Å². The average molecular weight is 296 g/mol. The molecule has 100 valence electrons. The molecule has 0 bridgehead atoms. The van der Waals surface area contributed by atoms with Crippen LogP contribution >= 0.6 is 23.2 Å². The van der Waals surface area contributed by atoms with Crippen molar-refractivity contribution in [2.45, 2.75) is 26.3 Å². The maximum Gasteiger partial charge on any atom is 0.134 e. The van der Waals surface area contributed by atoms with E-state index in [1.165, 1.54) is 0 Å². The number of nitrogens with zero attached hydrogens (tertiary/aromatic N) is 2. The minimum Gasteiger partial charge on any atom is -0.366 e. The van der Waals surface area contributed by atoms with Gasteiger partial charge in [-0.2, -0.15) is 0 Å². The van der Waals surface area contributed by atoms with Crippen molar-refractivity contribution in [2.24, 2.45) is 0 Å². The van der Waals surface area contributed by atoms with Crippen LogP contribution in [0.2, 0.25) is 10.2 Å². The van der Waals surface area contributed by atoms with E-state index in [1.54, 1.807) is 6.07 Å². The third kappa shape index (κ3) is 4.37. The Morgan fingerprint density at radius 3 is 2.53 bits per heavy atom. The van der Waals surface area contributed by atoms with E-state index in [4.69, 9.17) is 23.2 Å². The molecule has 0 saturated heterocycles. The van der Waals surface area contributed by atoms with Gasteiger partial charge in [-0.05, 0) is 24.1 Å². The Labute approximate surface area is 123 Å². The minimum atomic E-state index is 0.469. The van der Waals surface area contributed by atoms with Crippen molar-refractivity contribution >= 4 is 29.0 Å². The lowest BCUT2D eigenvalue weighted by atomic mass is 10.2. The van der Waals surface area contributed by atoms with Gasteiger partial charge in [-0.3, -0.25) is 0 Å². The summed E-state index contributed by atoms with van der Waals surface area (Å²) < 4.78 is 0. The standard InChI is InChI=1S/C14H15Cl2N3/c1-2-3-13-18-12(16)8-14(19-13)17-9-10-4-6-11(15)7-5-10/h4-8H,2-3,9H2,1H3,(H,17,18,19). The zero-order valence-electron chi connectivity index (χ0n) is 10.7. The van der Waals surface area contributed by atoms with Gasteiger partial charge in [0.05, 0.1) is 0 Å². The Bertz CT molecular complexity index is 541. The summed E-state index contributed by atoms with van der Waals surface area (Å²) in [5.74, 6) is 1.52. The summed E-state index contributed by atoms with van der Waals surface area (Å²) in [5, 5.41) is 4.45. The van der Waals surface area contributed by atoms with Gasteiger partial charge in [0.2, 0.25) is 0 Å². The van der Waals surface area contributed by atoms with Crippen molar-refractivity contribution in [1.29, 1.82) is 0 Å². The molecule has 0 saturated carbocycles. The molecule has 0 amide bonds. The van der Waals surface area contributed by atoms with Gasteiger partial charge in [0.25, 0.3) is 0 Å². The summed E-state index contributed by atoms with van der Waals surface area (Å²) in [6.07, 6.45) is 1.83. The summed E-state index contributed by atoms with van der Waals surface area (Å²) in [6.45, 7) is 2.77. The van der Waals surface area contributed by atoms with E-state index in [0.717, 1.165) is 35.1 Å². The predicted molar refractivity (Wildman–Crippen MR) is 79.8 cm³/mol. The maximum atomic E-state index is 5.98. The zero-order chi connectivity index (χ0) is 13.7. The van der Waals surface area contributed by atoms with Crippen LogP contribution in [0.15, 0.2) is 30.3 Å². The van der Waals surface area contributed by atoms with Crippen LogP contribution in [0.5, 0.6) is 0 Å². The van der Waals surface area contributed by atoms with E-state index in [1.807, 2.05) is 24.3 Å². The number of nitrogens with one attached hydrogen (secondary N) is 1. The molecule has 1 aromatic heterocycles. The molecule has 0 atom stereocenters. The molecule has 0 radical (unpaired) electrons. The normalized spacial score (nSPS) is 10.5. The van der Waals surface area contributed by atoms with Crippen molar-refractivity contribution in [3.05, 3.63) is 51.9 Å². The van der Waals surface area contributed by atoms with E-state index in [-0.39, 0.29) is 0 Å². The molecule has 2 aromatic rings. The number of halogens is 2. The van der Waals surface area contributed by atoms with E-state index in [2.05, 4.69) is 22.2 Å². The summed E-state index contributed by atoms with van der Waals surface area (Å²) in [7, 11) is 0. The Morgan fingerprint density at radius 1 is 1.11 bits per heavy atom. The fourth-order valence-electron chi connectivity index (χ4n) is 1.69. The van der Waals surface area contributed by atoms with Gasteiger partial charge in [0.1, 0.15) is 16.8 Å². The quantitative estimate of drug-likeness (QED) is 0.834. The number of hydrogen-bond donors (Lipinski definition) is 1. The van der Waals surface area contributed by atoms with Gasteiger partial charge in [0, 0.05) is 24.1 Å². The first-order valence-corrected chi connectivity index (χ1v) is 6.94. The van der Waals surface area contributed by atoms with Crippen LogP contribution in [0.25, 0.3) is 0 Å². The van der Waals surface area contributed by atoms with Crippen LogP contribution in [-0.2, 0) is 13.0 Å². The fraction of sp³-hybridized carbons (Fsp3) is 0.286. The third-order valence-electron chi connectivity index (χ3n) is 2.60. The second-order valence-corrected chi connectivity index (χ2v) is 5.05. The molecule has 1 heterocycles. The maximum absolute atomic E-state index is 5.98. The number of benzene rings is 1. The first kappa shape index (κ1) is 14.1. The zero-order valence-corrected chi connectivity index (χ0v) is 12.2. The highest BCUT2D eigenvalue weighted by Crippen LogP contribution is 2.15. The van der Waals surface area contributed by atoms with Crippen LogP contribution in [0, 0.1) is 0 Å². The van der Waals surface area contributed by atoms with Crippen LogP contribution in [0.1, 0.15) is 24.7 Å². The second-order valence-electron chi connectivity index (χ2n) is 4.22. The van der Waals surface area contributed by atoms with Crippen molar-refractivity contribution in [3.8, 4) is 0 Å². The van der Waals surface area contributed by atoms with Gasteiger partial charge in [0.15, 0.2) is 0 Å². The van der Waals surface area contributed by atoms with E-state index >= 15 is 0 Å². The van der Waals surface area contributed by atoms with Crippen molar-refractivity contribution in [3.63, 3.8) is 0 Å². The molecule has 0 fully saturated rings. The monoisotopic (exact) mass is 295 g/mol. The second kappa shape index (κ2) is 6.73. The molecular weight excluding hydrogens is 281 g/mol. The molecule has 0 aliphatic heterocycles. The number of rotatable bonds is 5.